The molecular weight excluding hydrogens is 380 g/mol. The van der Waals surface area contributed by atoms with Gasteiger partial charge in [0, 0.05) is 25.3 Å². The summed E-state index contributed by atoms with van der Waals surface area (Å²) in [5, 5.41) is 10.2. The third kappa shape index (κ3) is 3.48. The maximum Gasteiger partial charge on any atom is 0.260 e. The number of morpholine rings is 1. The average Bonchev–Trinajstić information content (AvgIpc) is 3.33. The van der Waals surface area contributed by atoms with E-state index in [0.717, 1.165) is 16.8 Å². The Hall–Kier alpha value is -2.49. The first kappa shape index (κ1) is 18.9. The number of hydrogen-bond donors (Lipinski definition) is 2. The molecule has 1 aromatic heterocycles. The molecule has 148 valence electrons. The van der Waals surface area contributed by atoms with Crippen LogP contribution in [0.4, 0.5) is 10.8 Å². The van der Waals surface area contributed by atoms with Gasteiger partial charge >= 0.3 is 0 Å². The van der Waals surface area contributed by atoms with E-state index in [-0.39, 0.29) is 18.9 Å². The van der Waals surface area contributed by atoms with Gasteiger partial charge in [-0.1, -0.05) is 23.5 Å². The van der Waals surface area contributed by atoms with Gasteiger partial charge < -0.3 is 25.4 Å². The number of aliphatic hydroxyl groups excluding tert-OH is 1. The highest BCUT2D eigenvalue weighted by Gasteiger charge is 2.29. The minimum Gasteiger partial charge on any atom is -0.392 e. The van der Waals surface area contributed by atoms with Crippen LogP contribution in [0.1, 0.15) is 26.5 Å². The van der Waals surface area contributed by atoms with E-state index < -0.39 is 5.91 Å². The molecule has 2 aliphatic rings. The molecule has 4 rings (SSSR count). The molecule has 0 bridgehead atoms. The van der Waals surface area contributed by atoms with Crippen molar-refractivity contribution in [2.75, 3.05) is 42.6 Å². The Morgan fingerprint density at radius 3 is 2.75 bits per heavy atom. The Labute approximate surface area is 166 Å². The lowest BCUT2D eigenvalue weighted by atomic mass is 10.1. The number of thiazole rings is 1. The molecule has 0 saturated carbocycles. The number of rotatable bonds is 5. The molecule has 28 heavy (non-hydrogen) atoms. The first-order valence-corrected chi connectivity index (χ1v) is 10.0. The molecule has 0 aliphatic carbocycles. The van der Waals surface area contributed by atoms with Crippen molar-refractivity contribution in [1.29, 1.82) is 0 Å². The van der Waals surface area contributed by atoms with E-state index >= 15 is 0 Å². The van der Waals surface area contributed by atoms with E-state index in [0.29, 0.717) is 55.0 Å². The molecule has 9 heteroatoms. The van der Waals surface area contributed by atoms with Crippen LogP contribution in [0.15, 0.2) is 18.2 Å². The minimum atomic E-state index is -0.566. The summed E-state index contributed by atoms with van der Waals surface area (Å²) in [5.41, 5.74) is 8.63. The average molecular weight is 402 g/mol. The summed E-state index contributed by atoms with van der Waals surface area (Å²) in [6, 6.07) is 5.59. The highest BCUT2D eigenvalue weighted by atomic mass is 32.1. The van der Waals surface area contributed by atoms with Gasteiger partial charge in [-0.25, -0.2) is 4.98 Å². The molecular formula is C19H22N4O4S. The monoisotopic (exact) mass is 402 g/mol. The van der Waals surface area contributed by atoms with Crippen LogP contribution in [-0.4, -0.2) is 54.8 Å². The Kier molecular flexibility index (Phi) is 5.29. The number of hydrogen-bond acceptors (Lipinski definition) is 7. The van der Waals surface area contributed by atoms with Crippen LogP contribution in [0.2, 0.25) is 0 Å². The number of aromatic nitrogens is 1. The van der Waals surface area contributed by atoms with Crippen molar-refractivity contribution < 1.29 is 19.4 Å². The zero-order chi connectivity index (χ0) is 19.7. The van der Waals surface area contributed by atoms with Gasteiger partial charge in [-0.2, -0.15) is 0 Å². The summed E-state index contributed by atoms with van der Waals surface area (Å²) in [7, 11) is 0. The fourth-order valence-electron chi connectivity index (χ4n) is 3.69. The fourth-order valence-corrected chi connectivity index (χ4v) is 4.68. The largest absolute Gasteiger partial charge is 0.392 e. The molecule has 3 heterocycles. The maximum atomic E-state index is 13.0. The molecule has 8 nitrogen and oxygen atoms in total. The van der Waals surface area contributed by atoms with Crippen molar-refractivity contribution in [2.24, 2.45) is 5.73 Å². The maximum absolute atomic E-state index is 13.0. The number of aliphatic hydroxyl groups is 1. The quantitative estimate of drug-likeness (QED) is 0.762. The van der Waals surface area contributed by atoms with E-state index in [1.807, 2.05) is 23.1 Å². The molecule has 2 amide bonds. The van der Waals surface area contributed by atoms with Crippen LogP contribution in [-0.2, 0) is 29.0 Å². The standard InChI is InChI=1S/C19H22N4O4S/c20-18(26)17-14(21-19(28-17)22-6-8-27-9-7-22)10-16(25)23-5-4-13-12(11-24)2-1-3-15(13)23/h1-3,24H,4-11H2,(H2,20,26). The normalized spacial score (nSPS) is 16.3. The van der Waals surface area contributed by atoms with Crippen LogP contribution in [0.3, 0.4) is 0 Å². The first-order valence-electron chi connectivity index (χ1n) is 9.22. The molecule has 0 atom stereocenters. The van der Waals surface area contributed by atoms with Crippen LogP contribution >= 0.6 is 11.3 Å². The van der Waals surface area contributed by atoms with Gasteiger partial charge in [0.1, 0.15) is 4.88 Å². The first-order chi connectivity index (χ1) is 13.6. The van der Waals surface area contributed by atoms with Crippen molar-refractivity contribution in [1.82, 2.24) is 4.98 Å². The van der Waals surface area contributed by atoms with E-state index in [4.69, 9.17) is 10.5 Å². The van der Waals surface area contributed by atoms with Crippen molar-refractivity contribution in [3.8, 4) is 0 Å². The van der Waals surface area contributed by atoms with Crippen LogP contribution in [0, 0.1) is 0 Å². The number of nitrogens with two attached hydrogens (primary N) is 1. The molecule has 1 saturated heterocycles. The van der Waals surface area contributed by atoms with E-state index in [1.165, 1.54) is 11.3 Å². The summed E-state index contributed by atoms with van der Waals surface area (Å²) in [6.07, 6.45) is 0.721. The summed E-state index contributed by atoms with van der Waals surface area (Å²) in [5.74, 6) is -0.695. The number of primary amides is 1. The summed E-state index contributed by atoms with van der Waals surface area (Å²) in [6.45, 7) is 3.11. The lowest BCUT2D eigenvalue weighted by molar-refractivity contribution is -0.117. The number of nitrogens with zero attached hydrogens (tertiary/aromatic N) is 3. The Morgan fingerprint density at radius 1 is 1.25 bits per heavy atom. The summed E-state index contributed by atoms with van der Waals surface area (Å²) >= 11 is 1.23. The summed E-state index contributed by atoms with van der Waals surface area (Å²) in [4.78, 5) is 33.5. The SMILES string of the molecule is NC(=O)c1sc(N2CCOCC2)nc1CC(=O)N1CCc2c(CO)cccc21. The third-order valence-electron chi connectivity index (χ3n) is 5.11. The van der Waals surface area contributed by atoms with Crippen LogP contribution < -0.4 is 15.5 Å². The molecule has 1 aromatic carbocycles. The second kappa shape index (κ2) is 7.86. The van der Waals surface area contributed by atoms with Crippen molar-refractivity contribution in [3.05, 3.63) is 39.9 Å². The molecule has 2 aromatic rings. The van der Waals surface area contributed by atoms with Gasteiger partial charge in [-0.15, -0.1) is 0 Å². The number of ether oxygens (including phenoxy) is 1. The van der Waals surface area contributed by atoms with Gasteiger partial charge in [-0.3, -0.25) is 9.59 Å². The minimum absolute atomic E-state index is 0.0158. The number of carbonyl (C=O) groups excluding carboxylic acids is 2. The number of fused-ring (bicyclic) bond motifs is 1. The van der Waals surface area contributed by atoms with Gasteiger partial charge in [0.05, 0.1) is 31.9 Å². The van der Waals surface area contributed by atoms with Crippen molar-refractivity contribution in [3.63, 3.8) is 0 Å². The summed E-state index contributed by atoms with van der Waals surface area (Å²) < 4.78 is 5.35. The second-order valence-corrected chi connectivity index (χ2v) is 7.76. The Bertz CT molecular complexity index is 907. The van der Waals surface area contributed by atoms with Gasteiger partial charge in [0.15, 0.2) is 5.13 Å². The van der Waals surface area contributed by atoms with Crippen molar-refractivity contribution >= 4 is 34.0 Å². The smallest absolute Gasteiger partial charge is 0.260 e. The number of anilines is 2. The van der Waals surface area contributed by atoms with Gasteiger partial charge in [0.25, 0.3) is 5.91 Å². The van der Waals surface area contributed by atoms with Crippen molar-refractivity contribution in [2.45, 2.75) is 19.4 Å². The molecule has 0 unspecified atom stereocenters. The third-order valence-corrected chi connectivity index (χ3v) is 6.28. The molecule has 3 N–H and O–H groups in total. The Morgan fingerprint density at radius 2 is 2.04 bits per heavy atom. The predicted molar refractivity (Wildman–Crippen MR) is 106 cm³/mol. The number of amides is 2. The second-order valence-electron chi connectivity index (χ2n) is 6.78. The highest BCUT2D eigenvalue weighted by molar-refractivity contribution is 7.17. The van der Waals surface area contributed by atoms with Crippen LogP contribution in [0.25, 0.3) is 0 Å². The Balaban J connectivity index is 1.57. The zero-order valence-electron chi connectivity index (χ0n) is 15.4. The lowest BCUT2D eigenvalue weighted by Crippen LogP contribution is -2.36. The fraction of sp³-hybridized carbons (Fsp3) is 0.421. The van der Waals surface area contributed by atoms with E-state index in [2.05, 4.69) is 4.98 Å². The van der Waals surface area contributed by atoms with Crippen LogP contribution in [0.5, 0.6) is 0 Å². The zero-order valence-corrected chi connectivity index (χ0v) is 16.2. The topological polar surface area (TPSA) is 109 Å². The van der Waals surface area contributed by atoms with Gasteiger partial charge in [-0.05, 0) is 23.6 Å². The van der Waals surface area contributed by atoms with E-state index in [1.54, 1.807) is 4.90 Å². The highest BCUT2D eigenvalue weighted by Crippen LogP contribution is 2.32. The predicted octanol–water partition coefficient (Wildman–Crippen LogP) is 0.703. The van der Waals surface area contributed by atoms with E-state index in [9.17, 15) is 14.7 Å². The van der Waals surface area contributed by atoms with Gasteiger partial charge in [0.2, 0.25) is 5.91 Å². The number of carbonyl (C=O) groups is 2. The lowest BCUT2D eigenvalue weighted by Gasteiger charge is -2.26. The molecule has 2 aliphatic heterocycles. The molecule has 0 spiro atoms. The number of benzene rings is 1. The molecule has 1 fully saturated rings. The molecule has 0 radical (unpaired) electrons.